The number of rotatable bonds is 14. The van der Waals surface area contributed by atoms with Crippen molar-refractivity contribution < 1.29 is 22.7 Å². The van der Waals surface area contributed by atoms with E-state index in [0.717, 1.165) is 9.87 Å². The summed E-state index contributed by atoms with van der Waals surface area (Å²) in [7, 11) is -2.83. The van der Waals surface area contributed by atoms with Crippen LogP contribution in [0, 0.1) is 0 Å². The second kappa shape index (κ2) is 16.2. The fraction of sp³-hybridized carbons (Fsp3) is 0.235. The number of ether oxygens (including phenoxy) is 1. The normalized spacial score (nSPS) is 11.8. The summed E-state index contributed by atoms with van der Waals surface area (Å²) >= 11 is 18.9. The molecule has 0 saturated carbocycles. The minimum atomic E-state index is -4.28. The van der Waals surface area contributed by atoms with E-state index in [0.29, 0.717) is 29.3 Å². The Morgan fingerprint density at radius 3 is 2.11 bits per heavy atom. The molecule has 46 heavy (non-hydrogen) atoms. The molecule has 0 aliphatic carbocycles. The van der Waals surface area contributed by atoms with Crippen LogP contribution in [0.15, 0.2) is 102 Å². The zero-order valence-corrected chi connectivity index (χ0v) is 28.4. The molecule has 0 aliphatic heterocycles. The fourth-order valence-corrected chi connectivity index (χ4v) is 6.81. The lowest BCUT2D eigenvalue weighted by Crippen LogP contribution is -2.53. The van der Waals surface area contributed by atoms with E-state index in [2.05, 4.69) is 5.32 Å². The highest BCUT2D eigenvalue weighted by molar-refractivity contribution is 7.92. The number of halogens is 3. The number of hydrogen-bond acceptors (Lipinski definition) is 5. The first kappa shape index (κ1) is 35.1. The average Bonchev–Trinajstić information content (AvgIpc) is 3.06. The third kappa shape index (κ3) is 8.73. The van der Waals surface area contributed by atoms with Crippen molar-refractivity contribution in [3.05, 3.63) is 123 Å². The van der Waals surface area contributed by atoms with Gasteiger partial charge in [0, 0.05) is 19.5 Å². The molecule has 0 fully saturated rings. The van der Waals surface area contributed by atoms with Gasteiger partial charge in [0.15, 0.2) is 0 Å². The molecule has 1 N–H and O–H groups in total. The van der Waals surface area contributed by atoms with E-state index in [9.17, 15) is 18.0 Å². The molecule has 242 valence electrons. The highest BCUT2D eigenvalue weighted by Gasteiger charge is 2.35. The van der Waals surface area contributed by atoms with Crippen LogP contribution in [-0.2, 0) is 32.6 Å². The van der Waals surface area contributed by atoms with Crippen LogP contribution in [0.4, 0.5) is 5.69 Å². The monoisotopic (exact) mass is 701 g/mol. The van der Waals surface area contributed by atoms with Crippen molar-refractivity contribution in [1.82, 2.24) is 10.2 Å². The molecule has 4 aromatic rings. The average molecular weight is 703 g/mol. The molecule has 2 amide bonds. The van der Waals surface area contributed by atoms with Gasteiger partial charge in [-0.1, -0.05) is 96.3 Å². The van der Waals surface area contributed by atoms with Gasteiger partial charge in [0.25, 0.3) is 10.0 Å². The second-order valence-corrected chi connectivity index (χ2v) is 13.5. The number of anilines is 1. The van der Waals surface area contributed by atoms with Gasteiger partial charge in [0.2, 0.25) is 11.8 Å². The maximum atomic E-state index is 14.5. The van der Waals surface area contributed by atoms with Crippen molar-refractivity contribution in [1.29, 1.82) is 0 Å². The van der Waals surface area contributed by atoms with E-state index in [1.54, 1.807) is 36.4 Å². The molecular formula is C34H34Cl3N3O5S. The number of methoxy groups -OCH3 is 1. The molecule has 4 aromatic carbocycles. The lowest BCUT2D eigenvalue weighted by molar-refractivity contribution is -0.140. The van der Waals surface area contributed by atoms with Gasteiger partial charge in [0.05, 0.1) is 32.8 Å². The number of amides is 2. The minimum Gasteiger partial charge on any atom is -0.495 e. The number of carbonyl (C=O) groups excluding carboxylic acids is 2. The molecule has 0 aromatic heterocycles. The fourth-order valence-electron chi connectivity index (χ4n) is 4.81. The maximum absolute atomic E-state index is 14.5. The Morgan fingerprint density at radius 2 is 1.50 bits per heavy atom. The Labute approximate surface area is 284 Å². The van der Waals surface area contributed by atoms with Gasteiger partial charge in [-0.15, -0.1) is 0 Å². The number of benzene rings is 4. The topological polar surface area (TPSA) is 96.0 Å². The van der Waals surface area contributed by atoms with Gasteiger partial charge in [-0.2, -0.15) is 0 Å². The van der Waals surface area contributed by atoms with Gasteiger partial charge in [-0.25, -0.2) is 8.42 Å². The summed E-state index contributed by atoms with van der Waals surface area (Å²) in [6.45, 7) is 1.65. The van der Waals surface area contributed by atoms with E-state index in [1.807, 2.05) is 37.3 Å². The van der Waals surface area contributed by atoms with Crippen LogP contribution >= 0.6 is 34.8 Å². The number of nitrogens with one attached hydrogen (secondary N) is 1. The highest BCUT2D eigenvalue weighted by Crippen LogP contribution is 2.32. The number of carbonyl (C=O) groups is 2. The summed E-state index contributed by atoms with van der Waals surface area (Å²) in [6.07, 6.45) is 0.870. The zero-order valence-electron chi connectivity index (χ0n) is 25.3. The predicted molar refractivity (Wildman–Crippen MR) is 183 cm³/mol. The first-order valence-electron chi connectivity index (χ1n) is 14.5. The van der Waals surface area contributed by atoms with E-state index < -0.39 is 28.5 Å². The van der Waals surface area contributed by atoms with Crippen LogP contribution in [0.5, 0.6) is 5.75 Å². The van der Waals surface area contributed by atoms with Crippen molar-refractivity contribution in [2.45, 2.75) is 37.2 Å². The van der Waals surface area contributed by atoms with Gasteiger partial charge in [-0.3, -0.25) is 13.9 Å². The summed E-state index contributed by atoms with van der Waals surface area (Å²) in [6, 6.07) is 25.5. The molecule has 0 spiro atoms. The van der Waals surface area contributed by atoms with E-state index >= 15 is 0 Å². The van der Waals surface area contributed by atoms with Gasteiger partial charge < -0.3 is 15.0 Å². The standard InChI is InChI=1S/C34H34Cl3N3O5S/c1-3-18-38-34(42)31(20-24-10-6-4-7-11-24)39(22-25-14-16-28(35)29(36)19-25)33(41)23-40(26-15-17-32(45-2)30(37)21-26)46(43,44)27-12-8-5-9-13-27/h4-17,19,21,31H,3,18,20,22-23H2,1-2H3,(H,38,42). The third-order valence-electron chi connectivity index (χ3n) is 7.19. The Bertz CT molecular complexity index is 1760. The zero-order chi connectivity index (χ0) is 33.3. The van der Waals surface area contributed by atoms with Crippen LogP contribution < -0.4 is 14.4 Å². The Morgan fingerprint density at radius 1 is 0.826 bits per heavy atom. The van der Waals surface area contributed by atoms with E-state index in [4.69, 9.17) is 39.5 Å². The minimum absolute atomic E-state index is 0.0210. The van der Waals surface area contributed by atoms with Crippen molar-refractivity contribution in [2.75, 3.05) is 24.5 Å². The molecule has 4 rings (SSSR count). The second-order valence-electron chi connectivity index (χ2n) is 10.4. The predicted octanol–water partition coefficient (Wildman–Crippen LogP) is 7.02. The lowest BCUT2D eigenvalue weighted by Gasteiger charge is -2.34. The number of hydrogen-bond donors (Lipinski definition) is 1. The number of nitrogens with zero attached hydrogens (tertiary/aromatic N) is 2. The number of sulfonamides is 1. The quantitative estimate of drug-likeness (QED) is 0.153. The van der Waals surface area contributed by atoms with Crippen molar-refractivity contribution in [3.8, 4) is 5.75 Å². The Hall–Kier alpha value is -3.76. The summed E-state index contributed by atoms with van der Waals surface area (Å²) < 4.78 is 34.5. The lowest BCUT2D eigenvalue weighted by atomic mass is 10.0. The molecule has 0 aliphatic rings. The van der Waals surface area contributed by atoms with Crippen LogP contribution in [0.3, 0.4) is 0 Å². The summed E-state index contributed by atoms with van der Waals surface area (Å²) in [5.74, 6) is -0.653. The molecular weight excluding hydrogens is 669 g/mol. The largest absolute Gasteiger partial charge is 0.495 e. The van der Waals surface area contributed by atoms with Crippen molar-refractivity contribution in [3.63, 3.8) is 0 Å². The third-order valence-corrected chi connectivity index (χ3v) is 10.0. The molecule has 12 heteroatoms. The molecule has 0 radical (unpaired) electrons. The Kier molecular flexibility index (Phi) is 12.3. The van der Waals surface area contributed by atoms with Crippen LogP contribution in [0.25, 0.3) is 0 Å². The van der Waals surface area contributed by atoms with Gasteiger partial charge in [-0.05, 0) is 60.0 Å². The van der Waals surface area contributed by atoms with Crippen molar-refractivity contribution in [2.24, 2.45) is 0 Å². The van der Waals surface area contributed by atoms with Crippen LogP contribution in [-0.4, -0.2) is 51.4 Å². The van der Waals surface area contributed by atoms with E-state index in [1.165, 1.54) is 42.3 Å². The van der Waals surface area contributed by atoms with Crippen LogP contribution in [0.1, 0.15) is 24.5 Å². The maximum Gasteiger partial charge on any atom is 0.264 e. The van der Waals surface area contributed by atoms with Gasteiger partial charge in [0.1, 0.15) is 18.3 Å². The summed E-state index contributed by atoms with van der Waals surface area (Å²) in [5, 5.41) is 3.69. The van der Waals surface area contributed by atoms with Gasteiger partial charge >= 0.3 is 0 Å². The highest BCUT2D eigenvalue weighted by atomic mass is 35.5. The van der Waals surface area contributed by atoms with E-state index in [-0.39, 0.29) is 39.5 Å². The van der Waals surface area contributed by atoms with Crippen molar-refractivity contribution >= 4 is 62.3 Å². The SMILES string of the molecule is CCCNC(=O)C(Cc1ccccc1)N(Cc1ccc(Cl)c(Cl)c1)C(=O)CN(c1ccc(OC)c(Cl)c1)S(=O)(=O)c1ccccc1. The summed E-state index contributed by atoms with van der Waals surface area (Å²) in [4.78, 5) is 29.6. The summed E-state index contributed by atoms with van der Waals surface area (Å²) in [5.41, 5.74) is 1.57. The molecule has 0 bridgehead atoms. The molecule has 0 saturated heterocycles. The van der Waals surface area contributed by atoms with Crippen LogP contribution in [0.2, 0.25) is 15.1 Å². The first-order chi connectivity index (χ1) is 22.0. The smallest absolute Gasteiger partial charge is 0.264 e. The molecule has 8 nitrogen and oxygen atoms in total. The Balaban J connectivity index is 1.82. The molecule has 1 unspecified atom stereocenters. The first-order valence-corrected chi connectivity index (χ1v) is 17.1. The molecule has 1 atom stereocenters. The molecule has 0 heterocycles.